The second kappa shape index (κ2) is 9.19. The predicted octanol–water partition coefficient (Wildman–Crippen LogP) is 2.88. The molecule has 0 heterocycles. The third-order valence-electron chi connectivity index (χ3n) is 2.24. The van der Waals surface area contributed by atoms with Gasteiger partial charge in [-0.15, -0.1) is 0 Å². The summed E-state index contributed by atoms with van der Waals surface area (Å²) in [6.07, 6.45) is 3.31. The molecule has 0 saturated carbocycles. The summed E-state index contributed by atoms with van der Waals surface area (Å²) in [6, 6.07) is 8.04. The zero-order valence-corrected chi connectivity index (χ0v) is 11.4. The molecule has 3 nitrogen and oxygen atoms in total. The van der Waals surface area contributed by atoms with Crippen molar-refractivity contribution in [3.8, 4) is 5.75 Å². The lowest BCUT2D eigenvalue weighted by Gasteiger charge is -2.09. The number of rotatable bonds is 9. The Morgan fingerprint density at radius 3 is 2.94 bits per heavy atom. The Morgan fingerprint density at radius 1 is 1.29 bits per heavy atom. The molecule has 1 rings (SSSR count). The molecule has 0 aliphatic heterocycles. The maximum atomic E-state index is 5.55. The van der Waals surface area contributed by atoms with Crippen LogP contribution in [0.2, 0.25) is 0 Å². The molecule has 0 saturated heterocycles. The lowest BCUT2D eigenvalue weighted by Crippen LogP contribution is -2.05. The zero-order chi connectivity index (χ0) is 12.3. The number of thioether (sulfide) groups is 1. The lowest BCUT2D eigenvalue weighted by atomic mass is 10.3. The minimum Gasteiger partial charge on any atom is -0.491 e. The van der Waals surface area contributed by atoms with E-state index >= 15 is 0 Å². The van der Waals surface area contributed by atoms with Crippen molar-refractivity contribution in [2.45, 2.75) is 6.42 Å². The molecule has 0 aromatic heterocycles. The van der Waals surface area contributed by atoms with Gasteiger partial charge in [-0.2, -0.15) is 11.8 Å². The van der Waals surface area contributed by atoms with Gasteiger partial charge in [0, 0.05) is 25.4 Å². The average molecular weight is 255 g/mol. The van der Waals surface area contributed by atoms with Crippen LogP contribution >= 0.6 is 11.8 Å². The maximum Gasteiger partial charge on any atom is 0.121 e. The molecular weight excluding hydrogens is 234 g/mol. The van der Waals surface area contributed by atoms with E-state index in [0.29, 0.717) is 13.2 Å². The Bertz CT molecular complexity index is 307. The van der Waals surface area contributed by atoms with E-state index < -0.39 is 0 Å². The van der Waals surface area contributed by atoms with E-state index in [0.717, 1.165) is 18.0 Å². The molecule has 0 atom stereocenters. The first-order chi connectivity index (χ1) is 8.36. The van der Waals surface area contributed by atoms with Crippen molar-refractivity contribution in [3.05, 3.63) is 24.3 Å². The first kappa shape index (κ1) is 14.2. The van der Waals surface area contributed by atoms with Crippen LogP contribution in [-0.2, 0) is 4.74 Å². The predicted molar refractivity (Wildman–Crippen MR) is 75.3 cm³/mol. The van der Waals surface area contributed by atoms with E-state index in [1.54, 1.807) is 7.11 Å². The molecule has 4 heteroatoms. The normalized spacial score (nSPS) is 10.2. The third kappa shape index (κ3) is 6.44. The number of hydrogen-bond acceptors (Lipinski definition) is 4. The van der Waals surface area contributed by atoms with Crippen molar-refractivity contribution >= 4 is 17.4 Å². The summed E-state index contributed by atoms with van der Waals surface area (Å²) in [5.74, 6) is 2.08. The summed E-state index contributed by atoms with van der Waals surface area (Å²) in [5.41, 5.74) is 1.11. The average Bonchev–Trinajstić information content (AvgIpc) is 2.36. The van der Waals surface area contributed by atoms with Crippen molar-refractivity contribution in [2.75, 3.05) is 44.2 Å². The molecule has 0 aliphatic carbocycles. The number of nitrogens with one attached hydrogen (secondary N) is 1. The number of hydrogen-bond donors (Lipinski definition) is 1. The van der Waals surface area contributed by atoms with Crippen LogP contribution in [-0.4, -0.2) is 38.9 Å². The first-order valence-electron chi connectivity index (χ1n) is 5.81. The van der Waals surface area contributed by atoms with Crippen molar-refractivity contribution in [3.63, 3.8) is 0 Å². The molecule has 0 bridgehead atoms. The summed E-state index contributed by atoms with van der Waals surface area (Å²) in [6.45, 7) is 2.21. The van der Waals surface area contributed by atoms with Gasteiger partial charge in [0.2, 0.25) is 0 Å². The lowest BCUT2D eigenvalue weighted by molar-refractivity contribution is 0.146. The summed E-state index contributed by atoms with van der Waals surface area (Å²) in [7, 11) is 1.67. The summed E-state index contributed by atoms with van der Waals surface area (Å²) in [4.78, 5) is 0. The van der Waals surface area contributed by atoms with Crippen LogP contribution in [0.5, 0.6) is 5.75 Å². The standard InChI is InChI=1S/C13H21NO2S/c1-15-8-9-16-13-6-3-5-12(11-13)14-7-4-10-17-2/h3,5-6,11,14H,4,7-10H2,1-2H3. The first-order valence-corrected chi connectivity index (χ1v) is 7.21. The fraction of sp³-hybridized carbons (Fsp3) is 0.538. The van der Waals surface area contributed by atoms with E-state index in [9.17, 15) is 0 Å². The quantitative estimate of drug-likeness (QED) is 0.687. The van der Waals surface area contributed by atoms with Crippen LogP contribution in [0.3, 0.4) is 0 Å². The van der Waals surface area contributed by atoms with Crippen LogP contribution in [0.25, 0.3) is 0 Å². The molecule has 0 unspecified atom stereocenters. The summed E-state index contributed by atoms with van der Waals surface area (Å²) < 4.78 is 10.5. The number of anilines is 1. The highest BCUT2D eigenvalue weighted by atomic mass is 32.2. The van der Waals surface area contributed by atoms with Gasteiger partial charge in [0.15, 0.2) is 0 Å². The maximum absolute atomic E-state index is 5.55. The van der Waals surface area contributed by atoms with E-state index in [4.69, 9.17) is 9.47 Å². The van der Waals surface area contributed by atoms with Gasteiger partial charge in [-0.1, -0.05) is 6.07 Å². The molecule has 1 N–H and O–H groups in total. The van der Waals surface area contributed by atoms with Gasteiger partial charge in [-0.3, -0.25) is 0 Å². The molecule has 1 aromatic rings. The van der Waals surface area contributed by atoms with Crippen molar-refractivity contribution in [1.29, 1.82) is 0 Å². The third-order valence-corrected chi connectivity index (χ3v) is 2.94. The highest BCUT2D eigenvalue weighted by Crippen LogP contribution is 2.17. The second-order valence-corrected chi connectivity index (χ2v) is 4.63. The Kier molecular flexibility index (Phi) is 7.67. The molecule has 0 radical (unpaired) electrons. The van der Waals surface area contributed by atoms with Gasteiger partial charge in [0.1, 0.15) is 12.4 Å². The van der Waals surface area contributed by atoms with E-state index in [1.807, 2.05) is 30.0 Å². The van der Waals surface area contributed by atoms with Crippen LogP contribution < -0.4 is 10.1 Å². The number of methoxy groups -OCH3 is 1. The van der Waals surface area contributed by atoms with E-state index in [-0.39, 0.29) is 0 Å². The van der Waals surface area contributed by atoms with Gasteiger partial charge < -0.3 is 14.8 Å². The molecule has 1 aromatic carbocycles. The van der Waals surface area contributed by atoms with E-state index in [2.05, 4.69) is 17.6 Å². The number of ether oxygens (including phenoxy) is 2. The van der Waals surface area contributed by atoms with Crippen molar-refractivity contribution in [2.24, 2.45) is 0 Å². The molecule has 0 spiro atoms. The van der Waals surface area contributed by atoms with Crippen LogP contribution in [0.15, 0.2) is 24.3 Å². The smallest absolute Gasteiger partial charge is 0.121 e. The van der Waals surface area contributed by atoms with Gasteiger partial charge in [0.05, 0.1) is 6.61 Å². The molecule has 0 fully saturated rings. The highest BCUT2D eigenvalue weighted by molar-refractivity contribution is 7.98. The SMILES string of the molecule is COCCOc1cccc(NCCCSC)c1. The largest absolute Gasteiger partial charge is 0.491 e. The molecule has 17 heavy (non-hydrogen) atoms. The van der Waals surface area contributed by atoms with E-state index in [1.165, 1.54) is 12.2 Å². The van der Waals surface area contributed by atoms with Gasteiger partial charge >= 0.3 is 0 Å². The molecule has 0 amide bonds. The Morgan fingerprint density at radius 2 is 2.18 bits per heavy atom. The van der Waals surface area contributed by atoms with Gasteiger partial charge in [0.25, 0.3) is 0 Å². The topological polar surface area (TPSA) is 30.5 Å². The minimum absolute atomic E-state index is 0.590. The summed E-state index contributed by atoms with van der Waals surface area (Å²) >= 11 is 1.87. The fourth-order valence-corrected chi connectivity index (χ4v) is 1.82. The molecule has 0 aliphatic rings. The Balaban J connectivity index is 2.31. The summed E-state index contributed by atoms with van der Waals surface area (Å²) in [5, 5.41) is 3.39. The minimum atomic E-state index is 0.590. The number of benzene rings is 1. The van der Waals surface area contributed by atoms with Gasteiger partial charge in [-0.05, 0) is 30.6 Å². The van der Waals surface area contributed by atoms with Crippen molar-refractivity contribution in [1.82, 2.24) is 0 Å². The molecular formula is C13H21NO2S. The second-order valence-electron chi connectivity index (χ2n) is 3.64. The van der Waals surface area contributed by atoms with Crippen LogP contribution in [0.4, 0.5) is 5.69 Å². The van der Waals surface area contributed by atoms with Crippen molar-refractivity contribution < 1.29 is 9.47 Å². The van der Waals surface area contributed by atoms with Gasteiger partial charge in [-0.25, -0.2) is 0 Å². The highest BCUT2D eigenvalue weighted by Gasteiger charge is 1.96. The van der Waals surface area contributed by atoms with Crippen LogP contribution in [0.1, 0.15) is 6.42 Å². The fourth-order valence-electron chi connectivity index (χ4n) is 1.39. The molecule has 96 valence electrons. The Hall–Kier alpha value is -0.870. The van der Waals surface area contributed by atoms with Crippen LogP contribution in [0, 0.1) is 0 Å². The Labute approximate surface area is 108 Å². The monoisotopic (exact) mass is 255 g/mol. The zero-order valence-electron chi connectivity index (χ0n) is 10.6.